The Morgan fingerprint density at radius 3 is 2.54 bits per heavy atom. The zero-order valence-corrected chi connectivity index (χ0v) is 24.7. The lowest BCUT2D eigenvalue weighted by Crippen LogP contribution is -2.26. The van der Waals surface area contributed by atoms with E-state index in [-0.39, 0.29) is 28.5 Å². The highest BCUT2D eigenvalue weighted by Gasteiger charge is 2.31. The number of amides is 1. The predicted molar refractivity (Wildman–Crippen MR) is 159 cm³/mol. The zero-order valence-electron chi connectivity index (χ0n) is 22.2. The Labute approximate surface area is 237 Å². The Bertz CT molecular complexity index is 1580. The molecule has 0 radical (unpaired) electrons. The number of hydrogen-bond donors (Lipinski definition) is 2. The molecule has 204 valence electrons. The van der Waals surface area contributed by atoms with E-state index in [1.807, 2.05) is 30.3 Å². The average Bonchev–Trinajstić information content (AvgIpc) is 3.30. The Kier molecular flexibility index (Phi) is 8.09. The number of carbonyl (C=O) groups excluding carboxylic acids is 1. The molecule has 2 aromatic heterocycles. The second kappa shape index (κ2) is 11.4. The van der Waals surface area contributed by atoms with Crippen LogP contribution in [-0.4, -0.2) is 30.0 Å². The number of thioether (sulfide) groups is 1. The number of rotatable bonds is 8. The van der Waals surface area contributed by atoms with Crippen LogP contribution in [0.25, 0.3) is 10.2 Å². The third-order valence-electron chi connectivity index (χ3n) is 7.13. The van der Waals surface area contributed by atoms with Gasteiger partial charge in [-0.1, -0.05) is 62.9 Å². The third kappa shape index (κ3) is 6.51. The highest BCUT2D eigenvalue weighted by molar-refractivity contribution is 8.00. The van der Waals surface area contributed by atoms with Gasteiger partial charge in [-0.15, -0.1) is 11.3 Å². The minimum absolute atomic E-state index is 0.144. The molecule has 1 aliphatic rings. The van der Waals surface area contributed by atoms with E-state index in [9.17, 15) is 13.2 Å². The van der Waals surface area contributed by atoms with Gasteiger partial charge < -0.3 is 5.32 Å². The topological polar surface area (TPSA) is 101 Å². The van der Waals surface area contributed by atoms with Crippen LogP contribution in [0.4, 0.5) is 5.69 Å². The number of sulfonamides is 1. The molecule has 0 saturated heterocycles. The number of benzene rings is 2. The van der Waals surface area contributed by atoms with Crippen molar-refractivity contribution in [3.05, 3.63) is 76.9 Å². The van der Waals surface area contributed by atoms with Gasteiger partial charge in [0.25, 0.3) is 0 Å². The molecule has 39 heavy (non-hydrogen) atoms. The molecule has 2 aromatic carbocycles. The van der Waals surface area contributed by atoms with Crippen LogP contribution in [0.15, 0.2) is 70.8 Å². The summed E-state index contributed by atoms with van der Waals surface area (Å²) in [7, 11) is -3.66. The number of hydrogen-bond acceptors (Lipinski definition) is 7. The molecule has 0 aliphatic heterocycles. The van der Waals surface area contributed by atoms with E-state index in [0.29, 0.717) is 11.6 Å². The van der Waals surface area contributed by atoms with Crippen LogP contribution in [0.3, 0.4) is 0 Å². The van der Waals surface area contributed by atoms with Crippen LogP contribution >= 0.6 is 23.1 Å². The first-order chi connectivity index (χ1) is 18.6. The summed E-state index contributed by atoms with van der Waals surface area (Å²) in [6, 6.07) is 15.5. The van der Waals surface area contributed by atoms with E-state index in [1.54, 1.807) is 29.8 Å². The van der Waals surface area contributed by atoms with Gasteiger partial charge in [0.05, 0.1) is 10.6 Å². The number of thiophene rings is 1. The fourth-order valence-electron chi connectivity index (χ4n) is 4.84. The van der Waals surface area contributed by atoms with Gasteiger partial charge >= 0.3 is 0 Å². The fourth-order valence-corrected chi connectivity index (χ4v) is 8.01. The summed E-state index contributed by atoms with van der Waals surface area (Å²) >= 11 is 3.17. The zero-order chi connectivity index (χ0) is 27.6. The smallest absolute Gasteiger partial charge is 0.240 e. The summed E-state index contributed by atoms with van der Waals surface area (Å²) in [6.45, 7) is 7.14. The molecule has 0 saturated carbocycles. The second-order valence-electron chi connectivity index (χ2n) is 10.8. The number of nitrogens with zero attached hydrogens (tertiary/aromatic N) is 2. The number of anilines is 1. The maximum Gasteiger partial charge on any atom is 0.240 e. The number of aryl methyl sites for hydroxylation is 1. The molecule has 10 heteroatoms. The fraction of sp³-hybridized carbons (Fsp3) is 0.345. The highest BCUT2D eigenvalue weighted by Crippen LogP contribution is 2.44. The maximum absolute atomic E-state index is 12.7. The number of aromatic nitrogens is 2. The molecule has 2 N–H and O–H groups in total. The Morgan fingerprint density at radius 1 is 1.08 bits per heavy atom. The van der Waals surface area contributed by atoms with Crippen molar-refractivity contribution < 1.29 is 13.2 Å². The van der Waals surface area contributed by atoms with E-state index in [2.05, 4.69) is 40.8 Å². The normalized spacial score (nSPS) is 15.7. The van der Waals surface area contributed by atoms with Crippen LogP contribution < -0.4 is 10.0 Å². The number of fused-ring (bicyclic) bond motifs is 3. The molecular formula is C29H32N4O3S3. The van der Waals surface area contributed by atoms with Crippen molar-refractivity contribution in [1.29, 1.82) is 0 Å². The summed E-state index contributed by atoms with van der Waals surface area (Å²) in [4.78, 5) is 24.3. The molecule has 0 fully saturated rings. The molecule has 0 spiro atoms. The van der Waals surface area contributed by atoms with Crippen LogP contribution in [-0.2, 0) is 34.2 Å². The minimum Gasteiger partial charge on any atom is -0.325 e. The Hall–Kier alpha value is -2.79. The van der Waals surface area contributed by atoms with Gasteiger partial charge in [-0.3, -0.25) is 4.79 Å². The Morgan fingerprint density at radius 2 is 1.82 bits per heavy atom. The monoisotopic (exact) mass is 580 g/mol. The predicted octanol–water partition coefficient (Wildman–Crippen LogP) is 6.05. The lowest BCUT2D eigenvalue weighted by Gasteiger charge is -2.33. The van der Waals surface area contributed by atoms with Crippen molar-refractivity contribution in [2.45, 2.75) is 56.5 Å². The summed E-state index contributed by atoms with van der Waals surface area (Å²) in [5.41, 5.74) is 3.03. The van der Waals surface area contributed by atoms with E-state index in [4.69, 9.17) is 0 Å². The Balaban J connectivity index is 1.20. The largest absolute Gasteiger partial charge is 0.325 e. The van der Waals surface area contributed by atoms with Gasteiger partial charge in [-0.2, -0.15) is 0 Å². The number of carbonyl (C=O) groups is 1. The standard InChI is InChI=1S/C29H32N4O3S3/c1-29(2,3)20-9-14-23-24(15-20)38-28-26(23)27(30-18-31-28)37-17-25(34)33-21-10-12-22(13-11-21)39(35,36)32-16-19-7-5-4-6-8-19/h4-8,10-13,18,20,32H,9,14-17H2,1-3H3,(H,33,34)/t20-/m1/s1. The van der Waals surface area contributed by atoms with Gasteiger partial charge in [-0.25, -0.2) is 23.1 Å². The first-order valence-corrected chi connectivity index (χ1v) is 16.2. The third-order valence-corrected chi connectivity index (χ3v) is 10.7. The molecule has 2 heterocycles. The van der Waals surface area contributed by atoms with Crippen molar-refractivity contribution in [3.63, 3.8) is 0 Å². The number of nitrogens with one attached hydrogen (secondary N) is 2. The molecular weight excluding hydrogens is 549 g/mol. The first-order valence-electron chi connectivity index (χ1n) is 12.9. The average molecular weight is 581 g/mol. The quantitative estimate of drug-likeness (QED) is 0.194. The van der Waals surface area contributed by atoms with Gasteiger partial charge in [0.2, 0.25) is 15.9 Å². The van der Waals surface area contributed by atoms with E-state index >= 15 is 0 Å². The highest BCUT2D eigenvalue weighted by atomic mass is 32.2. The van der Waals surface area contributed by atoms with Gasteiger partial charge in [-0.05, 0) is 66.0 Å². The van der Waals surface area contributed by atoms with Crippen LogP contribution in [0, 0.1) is 11.3 Å². The lowest BCUT2D eigenvalue weighted by molar-refractivity contribution is -0.113. The first kappa shape index (κ1) is 27.8. The maximum atomic E-state index is 12.7. The molecule has 0 bridgehead atoms. The summed E-state index contributed by atoms with van der Waals surface area (Å²) < 4.78 is 27.9. The van der Waals surface area contributed by atoms with E-state index < -0.39 is 10.0 Å². The molecule has 0 unspecified atom stereocenters. The van der Waals surface area contributed by atoms with Gasteiger partial charge in [0.15, 0.2) is 0 Å². The summed E-state index contributed by atoms with van der Waals surface area (Å²) in [5, 5.41) is 4.80. The lowest BCUT2D eigenvalue weighted by atomic mass is 9.72. The van der Waals surface area contributed by atoms with E-state index in [1.165, 1.54) is 34.3 Å². The molecule has 1 amide bonds. The summed E-state index contributed by atoms with van der Waals surface area (Å²) in [6.07, 6.45) is 4.81. The minimum atomic E-state index is -3.66. The van der Waals surface area contributed by atoms with Gasteiger partial charge in [0, 0.05) is 22.5 Å². The summed E-state index contributed by atoms with van der Waals surface area (Å²) in [5.74, 6) is 0.662. The van der Waals surface area contributed by atoms with Gasteiger partial charge in [0.1, 0.15) is 16.2 Å². The van der Waals surface area contributed by atoms with Crippen molar-refractivity contribution in [2.24, 2.45) is 11.3 Å². The van der Waals surface area contributed by atoms with Crippen LogP contribution in [0.5, 0.6) is 0 Å². The van der Waals surface area contributed by atoms with Crippen molar-refractivity contribution >= 4 is 54.9 Å². The molecule has 5 rings (SSSR count). The van der Waals surface area contributed by atoms with E-state index in [0.717, 1.165) is 40.1 Å². The molecule has 7 nitrogen and oxygen atoms in total. The SMILES string of the molecule is CC(C)(C)[C@@H]1CCc2c(sc3ncnc(SCC(=O)Nc4ccc(S(=O)(=O)NCc5ccccc5)cc4)c23)C1. The van der Waals surface area contributed by atoms with Crippen molar-refractivity contribution in [1.82, 2.24) is 14.7 Å². The van der Waals surface area contributed by atoms with Crippen LogP contribution in [0.2, 0.25) is 0 Å². The second-order valence-corrected chi connectivity index (χ2v) is 14.7. The molecule has 4 aromatic rings. The molecule has 1 aliphatic carbocycles. The van der Waals surface area contributed by atoms with Crippen molar-refractivity contribution in [3.8, 4) is 0 Å². The van der Waals surface area contributed by atoms with Crippen molar-refractivity contribution in [2.75, 3.05) is 11.1 Å². The van der Waals surface area contributed by atoms with Crippen LogP contribution in [0.1, 0.15) is 43.2 Å². The molecule has 1 atom stereocenters.